The summed E-state index contributed by atoms with van der Waals surface area (Å²) in [5.74, 6) is -0.608. The Bertz CT molecular complexity index is 707. The third kappa shape index (κ3) is 3.92. The van der Waals surface area contributed by atoms with Gasteiger partial charge in [-0.25, -0.2) is 4.79 Å². The van der Waals surface area contributed by atoms with E-state index in [0.29, 0.717) is 23.8 Å². The number of carbonyl (C=O) groups excluding carboxylic acids is 1. The van der Waals surface area contributed by atoms with Crippen molar-refractivity contribution in [2.24, 2.45) is 0 Å². The van der Waals surface area contributed by atoms with Crippen molar-refractivity contribution in [3.8, 4) is 0 Å². The summed E-state index contributed by atoms with van der Waals surface area (Å²) in [7, 11) is 2.28. The Labute approximate surface area is 162 Å². The predicted molar refractivity (Wildman–Crippen MR) is 106 cm³/mol. The molecule has 2 atom stereocenters. The molecule has 1 aliphatic heterocycles. The van der Waals surface area contributed by atoms with Crippen LogP contribution in [0.1, 0.15) is 37.3 Å². The van der Waals surface area contributed by atoms with Gasteiger partial charge in [0.05, 0.1) is 32.8 Å². The molecule has 144 valence electrons. The molecule has 2 aromatic carbocycles. The Morgan fingerprint density at radius 1 is 1.11 bits per heavy atom. The van der Waals surface area contributed by atoms with Gasteiger partial charge in [0.15, 0.2) is 0 Å². The van der Waals surface area contributed by atoms with Gasteiger partial charge in [0.25, 0.3) is 0 Å². The molecule has 0 bridgehead atoms. The third-order valence-electron chi connectivity index (χ3n) is 6.17. The number of likely N-dealkylation sites (tertiary alicyclic amines) is 1. The number of nitrogens with zero attached hydrogens (tertiary/aromatic N) is 1. The van der Waals surface area contributed by atoms with E-state index in [9.17, 15) is 9.90 Å². The molecule has 1 fully saturated rings. The van der Waals surface area contributed by atoms with Crippen molar-refractivity contribution in [2.45, 2.75) is 37.8 Å². The van der Waals surface area contributed by atoms with Crippen LogP contribution < -0.4 is 0 Å². The van der Waals surface area contributed by atoms with E-state index < -0.39 is 11.6 Å². The Kier molecular flexibility index (Phi) is 5.98. The molecule has 1 saturated heterocycles. The quantitative estimate of drug-likeness (QED) is 0.601. The molecule has 4 heteroatoms. The first-order valence-corrected chi connectivity index (χ1v) is 9.85. The summed E-state index contributed by atoms with van der Waals surface area (Å²) >= 11 is 0. The van der Waals surface area contributed by atoms with E-state index >= 15 is 0 Å². The van der Waals surface area contributed by atoms with Crippen molar-refractivity contribution in [3.05, 3.63) is 71.8 Å². The van der Waals surface area contributed by atoms with Crippen LogP contribution in [-0.4, -0.2) is 48.3 Å². The van der Waals surface area contributed by atoms with Crippen LogP contribution in [-0.2, 0) is 15.1 Å². The maximum atomic E-state index is 13.0. The highest BCUT2D eigenvalue weighted by atomic mass is 16.5. The Balaban J connectivity index is 1.75. The summed E-state index contributed by atoms with van der Waals surface area (Å²) in [6, 6.07) is 18.6. The van der Waals surface area contributed by atoms with Crippen LogP contribution in [0, 0.1) is 0 Å². The van der Waals surface area contributed by atoms with Gasteiger partial charge in [-0.05, 0) is 18.1 Å². The second kappa shape index (κ2) is 8.24. The normalized spacial score (nSPS) is 22.6. The van der Waals surface area contributed by atoms with Crippen molar-refractivity contribution < 1.29 is 19.1 Å². The summed E-state index contributed by atoms with van der Waals surface area (Å²) in [6.07, 6.45) is 3.22. The molecule has 3 rings (SSSR count). The number of benzene rings is 2. The topological polar surface area (TPSA) is 46.5 Å². The molecular formula is C23H30NO3+. The number of quaternary nitrogens is 1. The van der Waals surface area contributed by atoms with Crippen molar-refractivity contribution in [1.29, 1.82) is 0 Å². The molecule has 0 spiro atoms. The van der Waals surface area contributed by atoms with Crippen LogP contribution in [0.5, 0.6) is 0 Å². The lowest BCUT2D eigenvalue weighted by molar-refractivity contribution is -0.919. The second-order valence-corrected chi connectivity index (χ2v) is 7.68. The molecule has 0 amide bonds. The van der Waals surface area contributed by atoms with Crippen LogP contribution in [0.3, 0.4) is 0 Å². The average molecular weight is 368 g/mol. The molecule has 2 aromatic rings. The van der Waals surface area contributed by atoms with Gasteiger partial charge in [-0.2, -0.15) is 0 Å². The molecule has 4 nitrogen and oxygen atoms in total. The minimum Gasteiger partial charge on any atom is -0.463 e. The smallest absolute Gasteiger partial charge is 0.347 e. The number of ether oxygens (including phenoxy) is 1. The average Bonchev–Trinajstić information content (AvgIpc) is 3.09. The fourth-order valence-electron chi connectivity index (χ4n) is 4.21. The summed E-state index contributed by atoms with van der Waals surface area (Å²) in [5, 5.41) is 11.4. The number of aliphatic hydroxyl groups is 1. The van der Waals surface area contributed by atoms with Crippen LogP contribution in [0.4, 0.5) is 0 Å². The minimum absolute atomic E-state index is 0.333. The lowest BCUT2D eigenvalue weighted by Crippen LogP contribution is -2.48. The molecule has 0 saturated carbocycles. The Morgan fingerprint density at radius 3 is 2.19 bits per heavy atom. The van der Waals surface area contributed by atoms with Gasteiger partial charge >= 0.3 is 5.97 Å². The van der Waals surface area contributed by atoms with Gasteiger partial charge in [0.1, 0.15) is 0 Å². The molecule has 0 radical (unpaired) electrons. The zero-order chi connectivity index (χ0) is 19.3. The number of carbonyl (C=O) groups is 1. The van der Waals surface area contributed by atoms with E-state index in [2.05, 4.69) is 14.0 Å². The number of hydrogen-bond acceptors (Lipinski definition) is 3. The number of hydrogen-bond donors (Lipinski definition) is 1. The molecular weight excluding hydrogens is 338 g/mol. The highest BCUT2D eigenvalue weighted by Crippen LogP contribution is 2.32. The lowest BCUT2D eigenvalue weighted by Gasteiger charge is -2.35. The zero-order valence-corrected chi connectivity index (χ0v) is 16.3. The highest BCUT2D eigenvalue weighted by molar-refractivity contribution is 5.85. The van der Waals surface area contributed by atoms with E-state index in [1.807, 2.05) is 36.4 Å². The van der Waals surface area contributed by atoms with Crippen molar-refractivity contribution in [3.63, 3.8) is 0 Å². The zero-order valence-electron chi connectivity index (χ0n) is 16.3. The second-order valence-electron chi connectivity index (χ2n) is 7.68. The fourth-order valence-corrected chi connectivity index (χ4v) is 4.21. The van der Waals surface area contributed by atoms with Crippen LogP contribution in [0.25, 0.3) is 0 Å². The minimum atomic E-state index is -1.79. The highest BCUT2D eigenvalue weighted by Gasteiger charge is 2.42. The van der Waals surface area contributed by atoms with E-state index in [1.165, 1.54) is 19.4 Å². The van der Waals surface area contributed by atoms with Crippen molar-refractivity contribution in [2.75, 3.05) is 26.7 Å². The monoisotopic (exact) mass is 368 g/mol. The third-order valence-corrected chi connectivity index (χ3v) is 6.17. The van der Waals surface area contributed by atoms with Gasteiger partial charge < -0.3 is 14.3 Å². The van der Waals surface area contributed by atoms with E-state index in [1.54, 1.807) is 24.3 Å². The Morgan fingerprint density at radius 2 is 1.67 bits per heavy atom. The molecule has 0 aliphatic carbocycles. The van der Waals surface area contributed by atoms with Gasteiger partial charge in [0.2, 0.25) is 5.60 Å². The van der Waals surface area contributed by atoms with Gasteiger partial charge in [0, 0.05) is 19.3 Å². The van der Waals surface area contributed by atoms with Crippen molar-refractivity contribution >= 4 is 5.97 Å². The van der Waals surface area contributed by atoms with E-state index in [4.69, 9.17) is 4.74 Å². The standard InChI is InChI=1S/C23H30NO3/c1-3-24(2)17-10-15-21(24)16-18-27-22(25)23(26,19-11-6-4-7-12-19)20-13-8-5-9-14-20/h4-9,11-14,21,26H,3,10,15-18H2,1-2H3/q+1. The van der Waals surface area contributed by atoms with Gasteiger partial charge in [-0.1, -0.05) is 60.7 Å². The molecule has 27 heavy (non-hydrogen) atoms. The fraction of sp³-hybridized carbons (Fsp3) is 0.435. The molecule has 0 aromatic heterocycles. The lowest BCUT2D eigenvalue weighted by atomic mass is 9.86. The van der Waals surface area contributed by atoms with Crippen molar-refractivity contribution in [1.82, 2.24) is 0 Å². The SMILES string of the molecule is CC[N+]1(C)CCCC1CCOC(=O)C(O)(c1ccccc1)c1ccccc1. The number of rotatable bonds is 7. The maximum absolute atomic E-state index is 13.0. The summed E-state index contributed by atoms with van der Waals surface area (Å²) in [4.78, 5) is 13.0. The summed E-state index contributed by atoms with van der Waals surface area (Å²) < 4.78 is 6.66. The summed E-state index contributed by atoms with van der Waals surface area (Å²) in [5.41, 5.74) is -0.742. The van der Waals surface area contributed by atoms with E-state index in [-0.39, 0.29) is 0 Å². The molecule has 1 aliphatic rings. The van der Waals surface area contributed by atoms with Crippen LogP contribution in [0.15, 0.2) is 60.7 Å². The number of esters is 1. The predicted octanol–water partition coefficient (Wildman–Crippen LogP) is 3.48. The van der Waals surface area contributed by atoms with Crippen LogP contribution in [0.2, 0.25) is 0 Å². The maximum Gasteiger partial charge on any atom is 0.347 e. The first kappa shape index (κ1) is 19.6. The molecule has 1 heterocycles. The largest absolute Gasteiger partial charge is 0.463 e. The first-order chi connectivity index (χ1) is 13.0. The van der Waals surface area contributed by atoms with Gasteiger partial charge in [-0.3, -0.25) is 0 Å². The first-order valence-electron chi connectivity index (χ1n) is 9.85. The van der Waals surface area contributed by atoms with Gasteiger partial charge in [-0.15, -0.1) is 0 Å². The van der Waals surface area contributed by atoms with E-state index in [0.717, 1.165) is 17.4 Å². The summed E-state index contributed by atoms with van der Waals surface area (Å²) in [6.45, 7) is 4.83. The van der Waals surface area contributed by atoms with Crippen LogP contribution >= 0.6 is 0 Å². The Hall–Kier alpha value is -2.17. The molecule has 2 unspecified atom stereocenters. The molecule has 1 N–H and O–H groups in total.